The van der Waals surface area contributed by atoms with Crippen LogP contribution in [0.1, 0.15) is 95.6 Å². The van der Waals surface area contributed by atoms with Gasteiger partial charge in [-0.15, -0.1) is 0 Å². The van der Waals surface area contributed by atoms with E-state index in [4.69, 9.17) is 4.43 Å². The van der Waals surface area contributed by atoms with Gasteiger partial charge < -0.3 is 9.74 Å². The second kappa shape index (κ2) is 15.2. The highest BCUT2D eigenvalue weighted by Gasteiger charge is 2.36. The van der Waals surface area contributed by atoms with E-state index in [-0.39, 0.29) is 0 Å². The molecule has 28 heavy (non-hydrogen) atoms. The van der Waals surface area contributed by atoms with Gasteiger partial charge >= 0.3 is 0 Å². The molecule has 0 saturated carbocycles. The number of rotatable bonds is 17. The number of hydrogen-bond acceptors (Lipinski definition) is 2. The van der Waals surface area contributed by atoms with Crippen LogP contribution in [0.5, 0.6) is 0 Å². The van der Waals surface area contributed by atoms with Crippen molar-refractivity contribution < 1.29 is 4.43 Å². The van der Waals surface area contributed by atoms with Crippen LogP contribution in [0.25, 0.3) is 0 Å². The van der Waals surface area contributed by atoms with Gasteiger partial charge in [0.15, 0.2) is 0 Å². The first-order valence-electron chi connectivity index (χ1n) is 11.9. The van der Waals surface area contributed by atoms with Crippen molar-refractivity contribution in [2.45, 2.75) is 116 Å². The van der Waals surface area contributed by atoms with Crippen LogP contribution in [0.2, 0.25) is 12.6 Å². The lowest BCUT2D eigenvalue weighted by atomic mass is 10.1. The zero-order valence-electron chi connectivity index (χ0n) is 19.5. The first-order valence-corrected chi connectivity index (χ1v) is 14.6. The maximum Gasteiger partial charge on any atom is 0.206 e. The Morgan fingerprint density at radius 1 is 0.857 bits per heavy atom. The first-order chi connectivity index (χ1) is 13.6. The molecule has 0 aliphatic rings. The predicted octanol–water partition coefficient (Wildman–Crippen LogP) is 7.55. The van der Waals surface area contributed by atoms with Crippen molar-refractivity contribution in [3.8, 4) is 0 Å². The summed E-state index contributed by atoms with van der Waals surface area (Å²) in [5, 5.41) is 3.56. The van der Waals surface area contributed by atoms with E-state index >= 15 is 0 Å². The quantitative estimate of drug-likeness (QED) is 0.213. The van der Waals surface area contributed by atoms with Gasteiger partial charge in [-0.05, 0) is 38.5 Å². The topological polar surface area (TPSA) is 21.3 Å². The molecule has 0 amide bonds. The van der Waals surface area contributed by atoms with Crippen LogP contribution in [0.3, 0.4) is 0 Å². The van der Waals surface area contributed by atoms with Gasteiger partial charge in [0.05, 0.1) is 6.61 Å². The van der Waals surface area contributed by atoms with E-state index in [9.17, 15) is 0 Å². The molecule has 0 bridgehead atoms. The summed E-state index contributed by atoms with van der Waals surface area (Å²) in [6.45, 7) is 9.93. The third-order valence-electron chi connectivity index (χ3n) is 6.21. The number of hydrogen-bond donors (Lipinski definition) is 1. The molecule has 2 atom stereocenters. The number of unbranched alkanes of at least 4 members (excludes halogenated alkanes) is 9. The van der Waals surface area contributed by atoms with Crippen LogP contribution in [-0.2, 0) is 11.0 Å². The van der Waals surface area contributed by atoms with Crippen LogP contribution >= 0.6 is 0 Å². The molecule has 2 unspecified atom stereocenters. The summed E-state index contributed by atoms with van der Waals surface area (Å²) in [7, 11) is 0.328. The highest BCUT2D eigenvalue weighted by molar-refractivity contribution is 6.74. The molecule has 0 aromatic heterocycles. The maximum atomic E-state index is 6.66. The largest absolute Gasteiger partial charge is 0.411 e. The molecule has 0 spiro atoms. The molecule has 1 rings (SSSR count). The van der Waals surface area contributed by atoms with Crippen molar-refractivity contribution in [1.82, 2.24) is 5.32 Å². The van der Waals surface area contributed by atoms with E-state index < -0.39 is 8.32 Å². The van der Waals surface area contributed by atoms with Gasteiger partial charge in [-0.1, -0.05) is 108 Å². The van der Waals surface area contributed by atoms with Crippen LogP contribution in [-0.4, -0.2) is 21.0 Å². The summed E-state index contributed by atoms with van der Waals surface area (Å²) in [5.74, 6) is 0. The Labute approximate surface area is 177 Å². The van der Waals surface area contributed by atoms with Crippen LogP contribution < -0.4 is 5.32 Å². The third kappa shape index (κ3) is 10.2. The smallest absolute Gasteiger partial charge is 0.206 e. The van der Waals surface area contributed by atoms with Gasteiger partial charge in [0.2, 0.25) is 8.32 Å². The molecule has 0 aliphatic carbocycles. The monoisotopic (exact) mass is 405 g/mol. The van der Waals surface area contributed by atoms with Crippen molar-refractivity contribution in [2.24, 2.45) is 0 Å². The van der Waals surface area contributed by atoms with Crippen LogP contribution in [0, 0.1) is 6.92 Å². The SMILES string of the molecule is CCCCCCCCCCCC[Si](C)(OCc1ccc(C)cc1)C(CC)NC. The highest BCUT2D eigenvalue weighted by atomic mass is 28.4. The summed E-state index contributed by atoms with van der Waals surface area (Å²) < 4.78 is 6.66. The number of benzene rings is 1. The molecule has 1 aromatic rings. The average molecular weight is 406 g/mol. The molecule has 2 nitrogen and oxygen atoms in total. The molecule has 0 saturated heterocycles. The van der Waals surface area contributed by atoms with E-state index in [1.807, 2.05) is 0 Å². The van der Waals surface area contributed by atoms with Crippen molar-refractivity contribution in [2.75, 3.05) is 7.05 Å². The number of nitrogens with one attached hydrogen (secondary N) is 1. The molecular formula is C25H47NOSi. The van der Waals surface area contributed by atoms with E-state index in [0.717, 1.165) is 13.0 Å². The van der Waals surface area contributed by atoms with Gasteiger partial charge in [-0.3, -0.25) is 0 Å². The fourth-order valence-electron chi connectivity index (χ4n) is 4.18. The maximum absolute atomic E-state index is 6.66. The second-order valence-corrected chi connectivity index (χ2v) is 12.9. The molecule has 0 fully saturated rings. The molecular weight excluding hydrogens is 358 g/mol. The van der Waals surface area contributed by atoms with Gasteiger partial charge in [0.1, 0.15) is 0 Å². The Morgan fingerprint density at radius 3 is 1.89 bits per heavy atom. The van der Waals surface area contributed by atoms with Gasteiger partial charge in [-0.2, -0.15) is 0 Å². The van der Waals surface area contributed by atoms with E-state index in [2.05, 4.69) is 63.9 Å². The normalized spacial score (nSPS) is 14.8. The zero-order valence-corrected chi connectivity index (χ0v) is 20.5. The lowest BCUT2D eigenvalue weighted by Crippen LogP contribution is -2.53. The summed E-state index contributed by atoms with van der Waals surface area (Å²) in [5.41, 5.74) is 3.16. The Kier molecular flexibility index (Phi) is 13.8. The minimum Gasteiger partial charge on any atom is -0.411 e. The Hall–Kier alpha value is -0.643. The highest BCUT2D eigenvalue weighted by Crippen LogP contribution is 2.24. The molecule has 1 aromatic carbocycles. The summed E-state index contributed by atoms with van der Waals surface area (Å²) in [6, 6.07) is 10.1. The molecule has 3 heteroatoms. The van der Waals surface area contributed by atoms with Gasteiger partial charge in [-0.25, -0.2) is 0 Å². The van der Waals surface area contributed by atoms with Crippen LogP contribution in [0.15, 0.2) is 24.3 Å². The fraction of sp³-hybridized carbons (Fsp3) is 0.760. The molecule has 0 heterocycles. The molecule has 0 radical (unpaired) electrons. The van der Waals surface area contributed by atoms with Crippen molar-refractivity contribution in [3.63, 3.8) is 0 Å². The molecule has 0 aliphatic heterocycles. The Bertz CT molecular complexity index is 486. The lowest BCUT2D eigenvalue weighted by Gasteiger charge is -2.35. The number of aryl methyl sites for hydroxylation is 1. The fourth-order valence-corrected chi connectivity index (χ4v) is 7.80. The van der Waals surface area contributed by atoms with Crippen molar-refractivity contribution in [1.29, 1.82) is 0 Å². The minimum atomic E-state index is -1.78. The third-order valence-corrected chi connectivity index (χ3v) is 10.5. The molecule has 1 N–H and O–H groups in total. The lowest BCUT2D eigenvalue weighted by molar-refractivity contribution is 0.275. The standard InChI is InChI=1S/C25H47NOSi/c1-6-8-9-10-11-12-13-14-15-16-21-28(5,25(7-2)26-4)27-22-24-19-17-23(3)18-20-24/h17-20,25-26H,6-16,21-22H2,1-5H3. The molecule has 162 valence electrons. The Morgan fingerprint density at radius 2 is 1.39 bits per heavy atom. The average Bonchev–Trinajstić information content (AvgIpc) is 2.70. The predicted molar refractivity (Wildman–Crippen MR) is 127 cm³/mol. The van der Waals surface area contributed by atoms with E-state index in [1.54, 1.807) is 0 Å². The zero-order chi connectivity index (χ0) is 20.7. The van der Waals surface area contributed by atoms with Crippen LogP contribution in [0.4, 0.5) is 0 Å². The van der Waals surface area contributed by atoms with E-state index in [1.165, 1.54) is 81.4 Å². The van der Waals surface area contributed by atoms with E-state index in [0.29, 0.717) is 5.67 Å². The summed E-state index contributed by atoms with van der Waals surface area (Å²) in [6.07, 6.45) is 15.1. The van der Waals surface area contributed by atoms with Gasteiger partial charge in [0.25, 0.3) is 0 Å². The summed E-state index contributed by atoms with van der Waals surface area (Å²) >= 11 is 0. The minimum absolute atomic E-state index is 0.538. The van der Waals surface area contributed by atoms with Gasteiger partial charge in [0, 0.05) is 5.67 Å². The van der Waals surface area contributed by atoms with Crippen molar-refractivity contribution >= 4 is 8.32 Å². The summed E-state index contributed by atoms with van der Waals surface area (Å²) in [4.78, 5) is 0. The first kappa shape index (κ1) is 25.4. The van der Waals surface area contributed by atoms with Crippen molar-refractivity contribution in [3.05, 3.63) is 35.4 Å². The Balaban J connectivity index is 2.35. The second-order valence-electron chi connectivity index (χ2n) is 8.77.